The molecular formula is C18H38N2Na2O5. The van der Waals surface area contributed by atoms with Crippen LogP contribution in [-0.4, -0.2) is 55.1 Å². The number of hydrogen-bond acceptors (Lipinski definition) is 5. The molecule has 0 rings (SSSR count). The van der Waals surface area contributed by atoms with E-state index in [2.05, 4.69) is 11.7 Å². The van der Waals surface area contributed by atoms with Crippen LogP contribution in [0.2, 0.25) is 0 Å². The predicted octanol–water partition coefficient (Wildman–Crippen LogP) is -3.20. The first-order chi connectivity index (χ1) is 11.9. The Morgan fingerprint density at radius 2 is 1.41 bits per heavy atom. The zero-order valence-corrected chi connectivity index (χ0v) is 22.1. The number of carbonyl (C=O) groups is 3. The molecule has 0 aromatic heterocycles. The van der Waals surface area contributed by atoms with Crippen molar-refractivity contribution in [3.8, 4) is 0 Å². The summed E-state index contributed by atoms with van der Waals surface area (Å²) >= 11 is 0. The summed E-state index contributed by atoms with van der Waals surface area (Å²) < 4.78 is 4.14. The van der Waals surface area contributed by atoms with Crippen LogP contribution in [0.1, 0.15) is 74.0 Å². The van der Waals surface area contributed by atoms with Gasteiger partial charge in [-0.15, -0.1) is 0 Å². The van der Waals surface area contributed by atoms with Crippen LogP contribution in [0.3, 0.4) is 0 Å². The van der Waals surface area contributed by atoms with E-state index in [1.807, 2.05) is 0 Å². The minimum Gasteiger partial charge on any atom is -1.00 e. The van der Waals surface area contributed by atoms with Crippen molar-refractivity contribution in [2.45, 2.75) is 71.1 Å². The Morgan fingerprint density at radius 3 is 1.74 bits per heavy atom. The van der Waals surface area contributed by atoms with Crippen molar-refractivity contribution in [2.75, 3.05) is 27.2 Å². The van der Waals surface area contributed by atoms with Crippen molar-refractivity contribution in [1.29, 1.82) is 0 Å². The first-order valence-corrected chi connectivity index (χ1v) is 9.11. The summed E-state index contributed by atoms with van der Waals surface area (Å²) in [6.45, 7) is 1.99. The molecule has 0 radical (unpaired) electrons. The summed E-state index contributed by atoms with van der Waals surface area (Å²) in [5.41, 5.74) is 4.81. The van der Waals surface area contributed by atoms with E-state index in [4.69, 9.17) is 10.8 Å². The molecule has 0 aliphatic rings. The number of likely N-dealkylation sites (N-methyl/N-ethyl adjacent to an activating group) is 1. The first kappa shape index (κ1) is 34.8. The zero-order valence-electron chi connectivity index (χ0n) is 20.1. The molecule has 0 aromatic carbocycles. The zero-order chi connectivity index (χ0) is 19.5. The van der Waals surface area contributed by atoms with Crippen LogP contribution in [0.25, 0.3) is 0 Å². The van der Waals surface area contributed by atoms with E-state index >= 15 is 0 Å². The quantitative estimate of drug-likeness (QED) is 0.189. The van der Waals surface area contributed by atoms with Gasteiger partial charge in [0.1, 0.15) is 6.54 Å². The van der Waals surface area contributed by atoms with Gasteiger partial charge in [0.05, 0.1) is 13.7 Å². The molecular weight excluding hydrogens is 370 g/mol. The van der Waals surface area contributed by atoms with E-state index in [-0.39, 0.29) is 86.9 Å². The first-order valence-electron chi connectivity index (χ1n) is 9.11. The topological polar surface area (TPSA) is 110 Å². The van der Waals surface area contributed by atoms with Crippen LogP contribution in [-0.2, 0) is 19.1 Å². The molecule has 0 heterocycles. The number of carboxylic acid groups (broad SMARTS) is 1. The van der Waals surface area contributed by atoms with Gasteiger partial charge in [-0.25, -0.2) is 0 Å². The van der Waals surface area contributed by atoms with Crippen LogP contribution >= 0.6 is 0 Å². The van der Waals surface area contributed by atoms with Crippen molar-refractivity contribution in [2.24, 2.45) is 5.73 Å². The Hall–Kier alpha value is 0.370. The third-order valence-electron chi connectivity index (χ3n) is 3.69. The smallest absolute Gasteiger partial charge is 1.00 e. The number of unbranched alkanes of at least 4 members (excludes halogenated alkanes) is 8. The monoisotopic (exact) mass is 408 g/mol. The van der Waals surface area contributed by atoms with Gasteiger partial charge in [0.2, 0.25) is 5.91 Å². The Morgan fingerprint density at radius 1 is 0.963 bits per heavy atom. The van der Waals surface area contributed by atoms with Gasteiger partial charge >= 0.3 is 71.1 Å². The van der Waals surface area contributed by atoms with Crippen LogP contribution in [0.4, 0.5) is 0 Å². The normalized spacial score (nSPS) is 9.04. The van der Waals surface area contributed by atoms with Gasteiger partial charge in [0.25, 0.3) is 0 Å². The molecule has 0 aliphatic heterocycles. The minimum atomic E-state index is -0.956. The molecule has 27 heavy (non-hydrogen) atoms. The number of carboxylic acids is 1. The second kappa shape index (κ2) is 26.4. The van der Waals surface area contributed by atoms with E-state index in [1.54, 1.807) is 7.05 Å². The molecule has 3 N–H and O–H groups in total. The van der Waals surface area contributed by atoms with Crippen molar-refractivity contribution >= 4 is 17.8 Å². The summed E-state index contributed by atoms with van der Waals surface area (Å²) in [5.74, 6) is -1.40. The fourth-order valence-corrected chi connectivity index (χ4v) is 2.15. The van der Waals surface area contributed by atoms with E-state index in [0.29, 0.717) is 6.42 Å². The number of hydrogen-bond donors (Lipinski definition) is 2. The molecule has 152 valence electrons. The number of methoxy groups -OCH3 is 1. The molecule has 0 saturated carbocycles. The maximum absolute atomic E-state index is 11.5. The molecule has 9 heteroatoms. The maximum Gasteiger partial charge on any atom is 1.00 e. The van der Waals surface area contributed by atoms with E-state index in [1.165, 1.54) is 57.0 Å². The van der Waals surface area contributed by atoms with Gasteiger partial charge in [0.15, 0.2) is 0 Å². The van der Waals surface area contributed by atoms with Crippen molar-refractivity contribution in [3.63, 3.8) is 0 Å². The second-order valence-electron chi connectivity index (χ2n) is 6.00. The van der Waals surface area contributed by atoms with Crippen LogP contribution < -0.4 is 64.8 Å². The number of carbonyl (C=O) groups excluding carboxylic acids is 2. The number of rotatable bonds is 13. The van der Waals surface area contributed by atoms with E-state index in [9.17, 15) is 14.4 Å². The van der Waals surface area contributed by atoms with Crippen molar-refractivity contribution in [3.05, 3.63) is 0 Å². The molecule has 0 fully saturated rings. The third kappa shape index (κ3) is 28.7. The summed E-state index contributed by atoms with van der Waals surface area (Å²) in [5, 5.41) is 8.57. The fraction of sp³-hybridized carbons (Fsp3) is 0.833. The van der Waals surface area contributed by atoms with E-state index in [0.717, 1.165) is 12.8 Å². The standard InChI is InChI=1S/C15H29NO3.C3H7NO2.2Na.2H/c1-3-4-5-6-7-8-9-10-11-12-14(17)16(2)13-15(18)19;1-6-3(5)2-4;;;;/h3-13H2,1-2H3,(H,18,19);2,4H2,1H3;;;;/q;;2*+1;2*-1. The number of nitrogens with zero attached hydrogens (tertiary/aromatic N) is 1. The summed E-state index contributed by atoms with van der Waals surface area (Å²) in [7, 11) is 2.85. The second-order valence-corrected chi connectivity index (χ2v) is 6.00. The van der Waals surface area contributed by atoms with Crippen molar-refractivity contribution in [1.82, 2.24) is 4.90 Å². The molecule has 0 bridgehead atoms. The molecule has 0 saturated heterocycles. The Balaban J connectivity index is -0.000000116. The molecule has 7 nitrogen and oxygen atoms in total. The van der Waals surface area contributed by atoms with Gasteiger partial charge in [-0.05, 0) is 6.42 Å². The largest absolute Gasteiger partial charge is 1.00 e. The van der Waals surface area contributed by atoms with E-state index < -0.39 is 5.97 Å². The van der Waals surface area contributed by atoms with Gasteiger partial charge in [-0.1, -0.05) is 58.3 Å². The van der Waals surface area contributed by atoms with Crippen molar-refractivity contribution < 1.29 is 86.2 Å². The summed E-state index contributed by atoms with van der Waals surface area (Å²) in [4.78, 5) is 33.1. The number of nitrogens with two attached hydrogens (primary N) is 1. The molecule has 1 amide bonds. The van der Waals surface area contributed by atoms with Crippen LogP contribution in [0.15, 0.2) is 0 Å². The molecule has 0 aliphatic carbocycles. The Kier molecular flexibility index (Phi) is 34.0. The number of ether oxygens (including phenoxy) is 1. The molecule has 0 unspecified atom stereocenters. The van der Waals surface area contributed by atoms with Gasteiger partial charge in [-0.2, -0.15) is 0 Å². The molecule has 0 spiro atoms. The van der Waals surface area contributed by atoms with Crippen LogP contribution in [0.5, 0.6) is 0 Å². The van der Waals surface area contributed by atoms with Crippen LogP contribution in [0, 0.1) is 0 Å². The number of aliphatic carboxylic acids is 1. The Bertz CT molecular complexity index is 376. The predicted molar refractivity (Wildman–Crippen MR) is 100 cm³/mol. The summed E-state index contributed by atoms with van der Waals surface area (Å²) in [6.07, 6.45) is 11.4. The average Bonchev–Trinajstić information content (AvgIpc) is 2.59. The van der Waals surface area contributed by atoms with Gasteiger partial charge in [-0.3, -0.25) is 14.4 Å². The SMILES string of the molecule is CCCCCCCCCCCC(=O)N(C)CC(=O)O.COC(=O)CN.[H-].[H-].[Na+].[Na+]. The fourth-order valence-electron chi connectivity index (χ4n) is 2.15. The van der Waals surface area contributed by atoms with Gasteiger partial charge < -0.3 is 23.3 Å². The molecule has 0 atom stereocenters. The molecule has 0 aromatic rings. The Labute approximate surface area is 211 Å². The minimum absolute atomic E-state index is 0. The maximum atomic E-state index is 11.5. The number of amides is 1. The third-order valence-corrected chi connectivity index (χ3v) is 3.69. The van der Waals surface area contributed by atoms with Gasteiger partial charge in [0, 0.05) is 13.5 Å². The number of esters is 1. The summed E-state index contributed by atoms with van der Waals surface area (Å²) in [6, 6.07) is 0. The average molecular weight is 408 g/mol.